The number of aryl methyl sites for hydroxylation is 1. The highest BCUT2D eigenvalue weighted by Crippen LogP contribution is 2.21. The Bertz CT molecular complexity index is 439. The molecule has 0 saturated carbocycles. The maximum atomic E-state index is 13.6. The zero-order valence-corrected chi connectivity index (χ0v) is 9.72. The van der Waals surface area contributed by atoms with Crippen molar-refractivity contribution in [1.82, 2.24) is 5.32 Å². The summed E-state index contributed by atoms with van der Waals surface area (Å²) >= 11 is 0. The van der Waals surface area contributed by atoms with E-state index in [1.165, 1.54) is 6.92 Å². The van der Waals surface area contributed by atoms with E-state index in [4.69, 9.17) is 0 Å². The summed E-state index contributed by atoms with van der Waals surface area (Å²) in [5, 5.41) is 3.09. The summed E-state index contributed by atoms with van der Waals surface area (Å²) in [5.41, 5.74) is 0.0996. The molecule has 1 aromatic carbocycles. The third-order valence-corrected chi connectivity index (χ3v) is 3.18. The number of nitrogens with one attached hydrogen (secondary N) is 1. The second-order valence-electron chi connectivity index (χ2n) is 4.49. The molecule has 1 aromatic rings. The number of hydrogen-bond donors (Lipinski definition) is 1. The van der Waals surface area contributed by atoms with Crippen molar-refractivity contribution in [3.8, 4) is 0 Å². The predicted octanol–water partition coefficient (Wildman–Crippen LogP) is 2.46. The molecule has 0 amide bonds. The highest BCUT2D eigenvalue weighted by atomic mass is 19.1. The molecule has 1 saturated heterocycles. The topological polar surface area (TPSA) is 29.1 Å². The van der Waals surface area contributed by atoms with Crippen molar-refractivity contribution in [1.29, 1.82) is 0 Å². The largest absolute Gasteiger partial charge is 0.316 e. The Hall–Kier alpha value is -1.29. The first-order valence-electron chi connectivity index (χ1n) is 5.80. The van der Waals surface area contributed by atoms with Gasteiger partial charge in [0.2, 0.25) is 0 Å². The molecule has 1 N–H and O–H groups in total. The first-order chi connectivity index (χ1) is 8.09. The Morgan fingerprint density at radius 2 is 2.12 bits per heavy atom. The molecule has 1 aliphatic rings. The molecule has 1 fully saturated rings. The van der Waals surface area contributed by atoms with E-state index in [0.29, 0.717) is 6.54 Å². The molecule has 0 aromatic heterocycles. The first-order valence-corrected chi connectivity index (χ1v) is 5.80. The van der Waals surface area contributed by atoms with Crippen LogP contribution in [0.15, 0.2) is 12.1 Å². The molecule has 17 heavy (non-hydrogen) atoms. The van der Waals surface area contributed by atoms with Gasteiger partial charge in [0.15, 0.2) is 5.78 Å². The van der Waals surface area contributed by atoms with Gasteiger partial charge in [-0.2, -0.15) is 0 Å². The lowest BCUT2D eigenvalue weighted by atomic mass is 9.90. The zero-order valence-electron chi connectivity index (χ0n) is 9.72. The minimum atomic E-state index is -0.625. The Balaban J connectivity index is 2.26. The van der Waals surface area contributed by atoms with Crippen LogP contribution in [0, 0.1) is 24.5 Å². The maximum absolute atomic E-state index is 13.6. The second kappa shape index (κ2) is 4.92. The van der Waals surface area contributed by atoms with Gasteiger partial charge in [-0.3, -0.25) is 4.79 Å². The van der Waals surface area contributed by atoms with Crippen LogP contribution in [0.5, 0.6) is 0 Å². The average Bonchev–Trinajstić information content (AvgIpc) is 2.34. The fourth-order valence-corrected chi connectivity index (χ4v) is 2.13. The number of piperidine rings is 1. The van der Waals surface area contributed by atoms with Crippen LogP contribution in [0.25, 0.3) is 0 Å². The number of Topliss-reactive ketones (excluding diaryl/α,β-unsaturated/α-hetero) is 1. The van der Waals surface area contributed by atoms with Gasteiger partial charge in [0, 0.05) is 12.5 Å². The Morgan fingerprint density at radius 3 is 2.76 bits per heavy atom. The van der Waals surface area contributed by atoms with Crippen LogP contribution in [0.3, 0.4) is 0 Å². The van der Waals surface area contributed by atoms with Crippen molar-refractivity contribution in [2.45, 2.75) is 19.8 Å². The lowest BCUT2D eigenvalue weighted by molar-refractivity contribution is 0.0895. The number of carbonyl (C=O) groups is 1. The van der Waals surface area contributed by atoms with Gasteiger partial charge in [-0.15, -0.1) is 0 Å². The van der Waals surface area contributed by atoms with Gasteiger partial charge < -0.3 is 5.32 Å². The number of ketones is 1. The van der Waals surface area contributed by atoms with Gasteiger partial charge in [-0.25, -0.2) is 8.78 Å². The van der Waals surface area contributed by atoms with Crippen molar-refractivity contribution in [2.75, 3.05) is 13.1 Å². The predicted molar refractivity (Wildman–Crippen MR) is 61.0 cm³/mol. The highest BCUT2D eigenvalue weighted by Gasteiger charge is 2.25. The van der Waals surface area contributed by atoms with Crippen LogP contribution in [-0.2, 0) is 0 Å². The van der Waals surface area contributed by atoms with E-state index in [1.54, 1.807) is 0 Å². The highest BCUT2D eigenvalue weighted by molar-refractivity contribution is 5.98. The van der Waals surface area contributed by atoms with Crippen molar-refractivity contribution in [2.24, 2.45) is 5.92 Å². The number of rotatable bonds is 2. The van der Waals surface area contributed by atoms with Crippen LogP contribution >= 0.6 is 0 Å². The average molecular weight is 239 g/mol. The summed E-state index contributed by atoms with van der Waals surface area (Å²) in [6.45, 7) is 2.91. The van der Waals surface area contributed by atoms with E-state index in [-0.39, 0.29) is 22.8 Å². The molecule has 1 aliphatic heterocycles. The molecule has 1 heterocycles. The van der Waals surface area contributed by atoms with Gasteiger partial charge in [-0.05, 0) is 44.0 Å². The van der Waals surface area contributed by atoms with E-state index in [9.17, 15) is 13.6 Å². The Kier molecular flexibility index (Phi) is 3.52. The standard InChI is InChI=1S/C13H15F2NO/c1-8-5-12(15)10(6-11(8)14)13(17)9-3-2-4-16-7-9/h5-6,9,16H,2-4,7H2,1H3. The molecule has 2 rings (SSSR count). The zero-order chi connectivity index (χ0) is 12.4. The molecule has 4 heteroatoms. The first kappa shape index (κ1) is 12.2. The maximum Gasteiger partial charge on any atom is 0.170 e. The third kappa shape index (κ3) is 2.52. The van der Waals surface area contributed by atoms with Gasteiger partial charge in [0.05, 0.1) is 5.56 Å². The summed E-state index contributed by atoms with van der Waals surface area (Å²) in [7, 11) is 0. The minimum Gasteiger partial charge on any atom is -0.316 e. The van der Waals surface area contributed by atoms with Gasteiger partial charge in [0.25, 0.3) is 0 Å². The van der Waals surface area contributed by atoms with Crippen molar-refractivity contribution in [3.05, 3.63) is 34.9 Å². The molecular weight excluding hydrogens is 224 g/mol. The second-order valence-corrected chi connectivity index (χ2v) is 4.49. The van der Waals surface area contributed by atoms with E-state index >= 15 is 0 Å². The molecule has 0 bridgehead atoms. The van der Waals surface area contributed by atoms with Crippen LogP contribution in [-0.4, -0.2) is 18.9 Å². The van der Waals surface area contributed by atoms with Crippen LogP contribution in [0.2, 0.25) is 0 Å². The van der Waals surface area contributed by atoms with E-state index in [1.807, 2.05) is 0 Å². The molecule has 92 valence electrons. The van der Waals surface area contributed by atoms with Gasteiger partial charge >= 0.3 is 0 Å². The number of hydrogen-bond acceptors (Lipinski definition) is 2. The van der Waals surface area contributed by atoms with Crippen molar-refractivity contribution < 1.29 is 13.6 Å². The van der Waals surface area contributed by atoms with Gasteiger partial charge in [-0.1, -0.05) is 0 Å². The normalized spacial score (nSPS) is 20.3. The summed E-state index contributed by atoms with van der Waals surface area (Å²) < 4.78 is 27.0. The molecule has 0 spiro atoms. The molecule has 1 atom stereocenters. The lowest BCUT2D eigenvalue weighted by Gasteiger charge is -2.21. The van der Waals surface area contributed by atoms with E-state index < -0.39 is 11.6 Å². The summed E-state index contributed by atoms with van der Waals surface area (Å²) in [6.07, 6.45) is 1.63. The summed E-state index contributed by atoms with van der Waals surface area (Å²) in [4.78, 5) is 12.0. The van der Waals surface area contributed by atoms with Crippen LogP contribution in [0.4, 0.5) is 8.78 Å². The number of benzene rings is 1. The minimum absolute atomic E-state index is 0.123. The Morgan fingerprint density at radius 1 is 1.35 bits per heavy atom. The van der Waals surface area contributed by atoms with Crippen LogP contribution < -0.4 is 5.32 Å². The smallest absolute Gasteiger partial charge is 0.170 e. The quantitative estimate of drug-likeness (QED) is 0.803. The number of halogens is 2. The number of carbonyl (C=O) groups excluding carboxylic acids is 1. The monoisotopic (exact) mass is 239 g/mol. The third-order valence-electron chi connectivity index (χ3n) is 3.18. The molecule has 2 nitrogen and oxygen atoms in total. The summed E-state index contributed by atoms with van der Waals surface area (Å²) in [5.74, 6) is -1.69. The van der Waals surface area contributed by atoms with E-state index in [2.05, 4.69) is 5.32 Å². The molecule has 1 unspecified atom stereocenters. The van der Waals surface area contributed by atoms with Crippen molar-refractivity contribution in [3.63, 3.8) is 0 Å². The fourth-order valence-electron chi connectivity index (χ4n) is 2.13. The van der Waals surface area contributed by atoms with E-state index in [0.717, 1.165) is 31.5 Å². The molecule has 0 radical (unpaired) electrons. The SMILES string of the molecule is Cc1cc(F)c(C(=O)C2CCCNC2)cc1F. The van der Waals surface area contributed by atoms with Crippen molar-refractivity contribution >= 4 is 5.78 Å². The van der Waals surface area contributed by atoms with Crippen LogP contribution in [0.1, 0.15) is 28.8 Å². The van der Waals surface area contributed by atoms with Gasteiger partial charge in [0.1, 0.15) is 11.6 Å². The fraction of sp³-hybridized carbons (Fsp3) is 0.462. The lowest BCUT2D eigenvalue weighted by Crippen LogP contribution is -2.34. The molecule has 0 aliphatic carbocycles. The summed E-state index contributed by atoms with van der Waals surface area (Å²) in [6, 6.07) is 2.10. The molecular formula is C13H15F2NO. The Labute approximate surface area is 99.0 Å².